The van der Waals surface area contributed by atoms with Crippen LogP contribution in [0.3, 0.4) is 0 Å². The maximum atomic E-state index is 5.24. The first-order valence-electron chi connectivity index (χ1n) is 7.05. The monoisotopic (exact) mass is 279 g/mol. The maximum Gasteiger partial charge on any atom is 0.247 e. The van der Waals surface area contributed by atoms with Crippen LogP contribution in [0.25, 0.3) is 11.5 Å². The van der Waals surface area contributed by atoms with Gasteiger partial charge in [0.05, 0.1) is 6.04 Å². The molecule has 2 aromatic carbocycles. The van der Waals surface area contributed by atoms with Crippen LogP contribution in [0, 0.1) is 0 Å². The van der Waals surface area contributed by atoms with Gasteiger partial charge in [0.1, 0.15) is 0 Å². The fraction of sp³-hybridized carbons (Fsp3) is 0.176. The first-order valence-corrected chi connectivity index (χ1v) is 7.05. The van der Waals surface area contributed by atoms with Crippen molar-refractivity contribution in [2.75, 3.05) is 5.32 Å². The molecule has 0 radical (unpaired) electrons. The van der Waals surface area contributed by atoms with E-state index in [2.05, 4.69) is 46.7 Å². The van der Waals surface area contributed by atoms with Crippen LogP contribution in [0.1, 0.15) is 24.9 Å². The van der Waals surface area contributed by atoms with E-state index in [0.717, 1.165) is 17.7 Å². The van der Waals surface area contributed by atoms with E-state index in [1.807, 2.05) is 30.3 Å². The van der Waals surface area contributed by atoms with E-state index in [-0.39, 0.29) is 6.04 Å². The Hall–Kier alpha value is -2.62. The van der Waals surface area contributed by atoms with Gasteiger partial charge in [-0.05, 0) is 30.2 Å². The minimum Gasteiger partial charge on any atom is -0.423 e. The molecule has 0 aliphatic heterocycles. The molecule has 1 heterocycles. The Labute approximate surface area is 123 Å². The molecule has 4 nitrogen and oxygen atoms in total. The van der Waals surface area contributed by atoms with Gasteiger partial charge < -0.3 is 9.73 Å². The van der Waals surface area contributed by atoms with E-state index < -0.39 is 0 Å². The van der Waals surface area contributed by atoms with Gasteiger partial charge in [0.25, 0.3) is 0 Å². The zero-order valence-corrected chi connectivity index (χ0v) is 11.9. The lowest BCUT2D eigenvalue weighted by Gasteiger charge is -2.19. The summed E-state index contributed by atoms with van der Waals surface area (Å²) in [5, 5.41) is 11.2. The average molecular weight is 279 g/mol. The van der Waals surface area contributed by atoms with Crippen LogP contribution in [-0.4, -0.2) is 10.2 Å². The second-order valence-electron chi connectivity index (χ2n) is 4.84. The van der Waals surface area contributed by atoms with Gasteiger partial charge in [-0.15, -0.1) is 10.2 Å². The van der Waals surface area contributed by atoms with Gasteiger partial charge >= 0.3 is 0 Å². The highest BCUT2D eigenvalue weighted by atomic mass is 16.4. The lowest BCUT2D eigenvalue weighted by atomic mass is 10.0. The van der Waals surface area contributed by atoms with Gasteiger partial charge in [0.2, 0.25) is 12.3 Å². The lowest BCUT2D eigenvalue weighted by molar-refractivity contribution is 0.568. The number of rotatable bonds is 5. The Morgan fingerprint density at radius 3 is 2.67 bits per heavy atom. The third-order valence-corrected chi connectivity index (χ3v) is 3.42. The molecular weight excluding hydrogens is 262 g/mol. The predicted molar refractivity (Wildman–Crippen MR) is 82.8 cm³/mol. The highest BCUT2D eigenvalue weighted by molar-refractivity contribution is 5.61. The molecule has 0 aliphatic rings. The number of hydrogen-bond donors (Lipinski definition) is 1. The zero-order chi connectivity index (χ0) is 14.5. The molecule has 1 N–H and O–H groups in total. The molecule has 21 heavy (non-hydrogen) atoms. The molecule has 0 fully saturated rings. The van der Waals surface area contributed by atoms with E-state index in [1.165, 1.54) is 12.0 Å². The van der Waals surface area contributed by atoms with Crippen molar-refractivity contribution in [3.63, 3.8) is 0 Å². The largest absolute Gasteiger partial charge is 0.423 e. The third-order valence-electron chi connectivity index (χ3n) is 3.42. The molecule has 0 spiro atoms. The van der Waals surface area contributed by atoms with Gasteiger partial charge in [0, 0.05) is 11.3 Å². The van der Waals surface area contributed by atoms with Crippen molar-refractivity contribution in [3.8, 4) is 11.5 Å². The molecule has 3 rings (SSSR count). The molecule has 0 saturated heterocycles. The van der Waals surface area contributed by atoms with Crippen molar-refractivity contribution in [2.24, 2.45) is 0 Å². The van der Waals surface area contributed by atoms with Crippen molar-refractivity contribution in [3.05, 3.63) is 66.6 Å². The van der Waals surface area contributed by atoms with Gasteiger partial charge in [-0.3, -0.25) is 0 Å². The Kier molecular flexibility index (Phi) is 3.96. The summed E-state index contributed by atoms with van der Waals surface area (Å²) >= 11 is 0. The van der Waals surface area contributed by atoms with Crippen molar-refractivity contribution in [2.45, 2.75) is 19.4 Å². The van der Waals surface area contributed by atoms with Crippen molar-refractivity contribution in [1.82, 2.24) is 10.2 Å². The van der Waals surface area contributed by atoms with Crippen molar-refractivity contribution in [1.29, 1.82) is 0 Å². The second kappa shape index (κ2) is 6.22. The fourth-order valence-corrected chi connectivity index (χ4v) is 2.35. The van der Waals surface area contributed by atoms with Gasteiger partial charge in [-0.1, -0.05) is 43.3 Å². The summed E-state index contributed by atoms with van der Waals surface area (Å²) in [7, 11) is 0. The molecule has 0 saturated carbocycles. The summed E-state index contributed by atoms with van der Waals surface area (Å²) in [6.07, 6.45) is 2.35. The number of nitrogens with zero attached hydrogens (tertiary/aromatic N) is 2. The van der Waals surface area contributed by atoms with Gasteiger partial charge in [-0.25, -0.2) is 0 Å². The van der Waals surface area contributed by atoms with E-state index in [1.54, 1.807) is 0 Å². The van der Waals surface area contributed by atoms with Crippen molar-refractivity contribution < 1.29 is 4.42 Å². The molecule has 3 aromatic rings. The molecule has 1 unspecified atom stereocenters. The topological polar surface area (TPSA) is 51.0 Å². The minimum absolute atomic E-state index is 0.282. The van der Waals surface area contributed by atoms with Crippen LogP contribution in [0.15, 0.2) is 65.4 Å². The lowest BCUT2D eigenvalue weighted by Crippen LogP contribution is -2.09. The third kappa shape index (κ3) is 3.11. The highest BCUT2D eigenvalue weighted by Gasteiger charge is 2.10. The molecule has 1 atom stereocenters. The number of aromatic nitrogens is 2. The summed E-state index contributed by atoms with van der Waals surface area (Å²) in [5.74, 6) is 0.534. The van der Waals surface area contributed by atoms with Crippen LogP contribution in [-0.2, 0) is 0 Å². The SMILES string of the molecule is CCC(Nc1cccc(-c2nnco2)c1)c1ccccc1. The smallest absolute Gasteiger partial charge is 0.247 e. The quantitative estimate of drug-likeness (QED) is 0.756. The first kappa shape index (κ1) is 13.4. The number of nitrogens with one attached hydrogen (secondary N) is 1. The first-order chi connectivity index (χ1) is 10.4. The maximum absolute atomic E-state index is 5.24. The van der Waals surface area contributed by atoms with Crippen LogP contribution >= 0.6 is 0 Å². The van der Waals surface area contributed by atoms with E-state index in [9.17, 15) is 0 Å². The summed E-state index contributed by atoms with van der Waals surface area (Å²) in [5.41, 5.74) is 3.24. The van der Waals surface area contributed by atoms with Gasteiger partial charge in [-0.2, -0.15) is 0 Å². The average Bonchev–Trinajstić information content (AvgIpc) is 3.08. The standard InChI is InChI=1S/C17H17N3O/c1-2-16(13-7-4-3-5-8-13)19-15-10-6-9-14(11-15)17-20-18-12-21-17/h3-12,16,19H,2H2,1H3. The molecule has 0 aliphatic carbocycles. The molecule has 106 valence electrons. The summed E-state index contributed by atoms with van der Waals surface area (Å²) in [4.78, 5) is 0. The fourth-order valence-electron chi connectivity index (χ4n) is 2.35. The Morgan fingerprint density at radius 1 is 1.10 bits per heavy atom. The molecular formula is C17H17N3O. The Bertz CT molecular complexity index is 680. The highest BCUT2D eigenvalue weighted by Crippen LogP contribution is 2.25. The van der Waals surface area contributed by atoms with E-state index in [4.69, 9.17) is 4.42 Å². The summed E-state index contributed by atoms with van der Waals surface area (Å²) in [6.45, 7) is 2.17. The van der Waals surface area contributed by atoms with E-state index in [0.29, 0.717) is 5.89 Å². The normalized spacial score (nSPS) is 12.0. The predicted octanol–water partition coefficient (Wildman–Crippen LogP) is 4.30. The Balaban J connectivity index is 1.82. The summed E-state index contributed by atoms with van der Waals surface area (Å²) < 4.78 is 5.24. The number of anilines is 1. The number of benzene rings is 2. The molecule has 0 bridgehead atoms. The van der Waals surface area contributed by atoms with Crippen LogP contribution in [0.5, 0.6) is 0 Å². The molecule has 1 aromatic heterocycles. The molecule has 0 amide bonds. The summed E-state index contributed by atoms with van der Waals surface area (Å²) in [6, 6.07) is 18.7. The zero-order valence-electron chi connectivity index (χ0n) is 11.9. The second-order valence-corrected chi connectivity index (χ2v) is 4.84. The van der Waals surface area contributed by atoms with Crippen molar-refractivity contribution >= 4 is 5.69 Å². The van der Waals surface area contributed by atoms with Crippen LogP contribution in [0.2, 0.25) is 0 Å². The minimum atomic E-state index is 0.282. The Morgan fingerprint density at radius 2 is 1.95 bits per heavy atom. The molecule has 4 heteroatoms. The van der Waals surface area contributed by atoms with Crippen LogP contribution in [0.4, 0.5) is 5.69 Å². The van der Waals surface area contributed by atoms with E-state index >= 15 is 0 Å². The van der Waals surface area contributed by atoms with Gasteiger partial charge in [0.15, 0.2) is 0 Å². The number of hydrogen-bond acceptors (Lipinski definition) is 4. The van der Waals surface area contributed by atoms with Crippen LogP contribution < -0.4 is 5.32 Å².